The Morgan fingerprint density at radius 2 is 2.10 bits per heavy atom. The highest BCUT2D eigenvalue weighted by molar-refractivity contribution is 7.99. The lowest BCUT2D eigenvalue weighted by atomic mass is 10.0. The molecular formula is C17H21NO2S. The summed E-state index contributed by atoms with van der Waals surface area (Å²) < 4.78 is 0. The van der Waals surface area contributed by atoms with Gasteiger partial charge in [0.15, 0.2) is 0 Å². The van der Waals surface area contributed by atoms with E-state index in [0.29, 0.717) is 5.75 Å². The predicted octanol–water partition coefficient (Wildman–Crippen LogP) is 2.54. The van der Waals surface area contributed by atoms with Gasteiger partial charge in [-0.3, -0.25) is 0 Å². The van der Waals surface area contributed by atoms with Crippen LogP contribution in [-0.4, -0.2) is 11.7 Å². The maximum atomic E-state index is 10.6. The first-order valence-electron chi connectivity index (χ1n) is 7.39. The van der Waals surface area contributed by atoms with Gasteiger partial charge in [0.1, 0.15) is 0 Å². The van der Waals surface area contributed by atoms with Crippen molar-refractivity contribution < 1.29 is 14.9 Å². The molecule has 112 valence electrons. The quantitative estimate of drug-likeness (QED) is 0.739. The molecule has 1 heterocycles. The maximum Gasteiger partial charge on any atom is 0.242 e. The van der Waals surface area contributed by atoms with Gasteiger partial charge in [-0.05, 0) is 37.8 Å². The van der Waals surface area contributed by atoms with Gasteiger partial charge in [-0.25, -0.2) is 0 Å². The number of aliphatic carboxylic acids is 1. The van der Waals surface area contributed by atoms with Gasteiger partial charge in [0.25, 0.3) is 0 Å². The summed E-state index contributed by atoms with van der Waals surface area (Å²) in [6.07, 6.45) is 3.39. The van der Waals surface area contributed by atoms with Crippen LogP contribution in [-0.2, 0) is 11.2 Å². The van der Waals surface area contributed by atoms with Gasteiger partial charge < -0.3 is 9.90 Å². The van der Waals surface area contributed by atoms with E-state index in [4.69, 9.17) is 0 Å². The molecule has 0 saturated carbocycles. The minimum atomic E-state index is -0.991. The lowest BCUT2D eigenvalue weighted by Crippen LogP contribution is -2.22. The average molecular weight is 303 g/mol. The molecular weight excluding hydrogens is 282 g/mol. The molecule has 0 saturated heterocycles. The zero-order valence-electron chi connectivity index (χ0n) is 12.6. The van der Waals surface area contributed by atoms with Crippen molar-refractivity contribution in [1.82, 2.24) is 0 Å². The molecule has 0 radical (unpaired) electrons. The number of carbonyl (C=O) groups excluding carboxylic acids is 1. The second-order valence-electron chi connectivity index (χ2n) is 5.18. The zero-order valence-corrected chi connectivity index (χ0v) is 13.4. The van der Waals surface area contributed by atoms with Gasteiger partial charge in [-0.2, -0.15) is 4.98 Å². The summed E-state index contributed by atoms with van der Waals surface area (Å²) in [5.74, 6) is -0.453. The Labute approximate surface area is 129 Å². The average Bonchev–Trinajstić information content (AvgIpc) is 2.46. The number of benzene rings is 1. The Kier molecular flexibility index (Phi) is 5.62. The van der Waals surface area contributed by atoms with Gasteiger partial charge >= 0.3 is 0 Å². The number of hydrogen-bond donors (Lipinski definition) is 0. The number of unbranched alkanes of at least 4 members (excludes halogenated alkanes) is 1. The topological polar surface area (TPSA) is 54.3 Å². The molecule has 2 aromatic rings. The van der Waals surface area contributed by atoms with Crippen LogP contribution in [0, 0.1) is 6.92 Å². The first-order valence-corrected chi connectivity index (χ1v) is 8.38. The number of carboxylic acid groups (broad SMARTS) is 1. The highest BCUT2D eigenvalue weighted by atomic mass is 32.2. The van der Waals surface area contributed by atoms with E-state index >= 15 is 0 Å². The molecule has 0 unspecified atom stereocenters. The Hall–Kier alpha value is -1.55. The smallest absolute Gasteiger partial charge is 0.242 e. The number of carbonyl (C=O) groups is 1. The molecule has 4 heteroatoms. The van der Waals surface area contributed by atoms with Crippen molar-refractivity contribution in [2.45, 2.75) is 44.6 Å². The minimum Gasteiger partial charge on any atom is -0.550 e. The van der Waals surface area contributed by atoms with Crippen LogP contribution in [0.15, 0.2) is 29.3 Å². The molecule has 0 fully saturated rings. The monoisotopic (exact) mass is 303 g/mol. The lowest BCUT2D eigenvalue weighted by Gasteiger charge is -2.10. The molecule has 0 atom stereocenters. The Morgan fingerprint density at radius 3 is 2.81 bits per heavy atom. The number of carboxylic acids is 1. The van der Waals surface area contributed by atoms with Gasteiger partial charge in [0.2, 0.25) is 10.5 Å². The van der Waals surface area contributed by atoms with Crippen molar-refractivity contribution >= 4 is 28.6 Å². The van der Waals surface area contributed by atoms with E-state index in [2.05, 4.69) is 37.0 Å². The molecule has 0 spiro atoms. The number of aryl methyl sites for hydroxylation is 1. The van der Waals surface area contributed by atoms with Crippen LogP contribution in [0.4, 0.5) is 0 Å². The van der Waals surface area contributed by atoms with Crippen molar-refractivity contribution in [2.24, 2.45) is 0 Å². The normalized spacial score (nSPS) is 11.0. The molecule has 3 nitrogen and oxygen atoms in total. The second kappa shape index (κ2) is 7.46. The number of pyridine rings is 1. The molecule has 0 bridgehead atoms. The molecule has 0 aliphatic heterocycles. The van der Waals surface area contributed by atoms with Crippen molar-refractivity contribution in [3.05, 3.63) is 35.4 Å². The fraction of sp³-hybridized carbons (Fsp3) is 0.412. The first-order chi connectivity index (χ1) is 10.1. The number of thioether (sulfide) groups is 1. The highest BCUT2D eigenvalue weighted by Gasteiger charge is 2.17. The highest BCUT2D eigenvalue weighted by Crippen LogP contribution is 2.27. The molecule has 2 rings (SSSR count). The lowest BCUT2D eigenvalue weighted by molar-refractivity contribution is -0.396. The molecule has 1 N–H and O–H groups in total. The van der Waals surface area contributed by atoms with Crippen molar-refractivity contribution in [3.63, 3.8) is 0 Å². The summed E-state index contributed by atoms with van der Waals surface area (Å²) in [6, 6.07) is 8.26. The second-order valence-corrected chi connectivity index (χ2v) is 6.28. The van der Waals surface area contributed by atoms with Gasteiger partial charge in [-0.15, -0.1) is 0 Å². The van der Waals surface area contributed by atoms with E-state index in [0.717, 1.165) is 29.8 Å². The fourth-order valence-electron chi connectivity index (χ4n) is 2.46. The van der Waals surface area contributed by atoms with Crippen molar-refractivity contribution in [1.29, 1.82) is 0 Å². The van der Waals surface area contributed by atoms with Crippen LogP contribution in [0.3, 0.4) is 0 Å². The van der Waals surface area contributed by atoms with Gasteiger partial charge in [0.05, 0.1) is 0 Å². The summed E-state index contributed by atoms with van der Waals surface area (Å²) in [6.45, 7) is 4.34. The summed E-state index contributed by atoms with van der Waals surface area (Å²) in [5.41, 5.74) is 3.72. The van der Waals surface area contributed by atoms with Crippen LogP contribution in [0.5, 0.6) is 0 Å². The number of hydrogen-bond acceptors (Lipinski definition) is 3. The summed E-state index contributed by atoms with van der Waals surface area (Å²) in [4.78, 5) is 14.1. The number of aromatic nitrogens is 1. The molecule has 1 aromatic heterocycles. The Bertz CT molecular complexity index is 640. The number of fused-ring (bicyclic) bond motifs is 1. The standard InChI is InChI=1S/C17H21NO2S/c1-3-4-7-14-12(2)13-8-5-6-9-15(13)18-17(14)21-11-10-16(19)20/h5-6,8-9H,3-4,7,10-11H2,1-2H3,(H,19,20). The molecule has 0 aliphatic rings. The predicted molar refractivity (Wildman–Crippen MR) is 84.2 cm³/mol. The maximum absolute atomic E-state index is 10.6. The number of H-pyrrole nitrogens is 1. The minimum absolute atomic E-state index is 0.0810. The van der Waals surface area contributed by atoms with E-state index in [-0.39, 0.29) is 6.42 Å². The Balaban J connectivity index is 2.37. The number of rotatable bonds is 7. The van der Waals surface area contributed by atoms with E-state index in [1.165, 1.54) is 16.5 Å². The number of para-hydroxylation sites is 1. The zero-order chi connectivity index (χ0) is 15.2. The van der Waals surface area contributed by atoms with Crippen molar-refractivity contribution in [2.75, 3.05) is 5.75 Å². The summed E-state index contributed by atoms with van der Waals surface area (Å²) in [7, 11) is 0. The van der Waals surface area contributed by atoms with Crippen molar-refractivity contribution in [3.8, 4) is 0 Å². The molecule has 21 heavy (non-hydrogen) atoms. The van der Waals surface area contributed by atoms with Crippen LogP contribution in [0.25, 0.3) is 10.9 Å². The van der Waals surface area contributed by atoms with Crippen LogP contribution >= 0.6 is 11.8 Å². The summed E-state index contributed by atoms with van der Waals surface area (Å²) in [5, 5.41) is 12.9. The summed E-state index contributed by atoms with van der Waals surface area (Å²) >= 11 is 1.58. The van der Waals surface area contributed by atoms with Crippen LogP contribution in [0.2, 0.25) is 0 Å². The van der Waals surface area contributed by atoms with E-state index in [9.17, 15) is 9.90 Å². The Morgan fingerprint density at radius 1 is 1.33 bits per heavy atom. The van der Waals surface area contributed by atoms with Crippen LogP contribution < -0.4 is 10.1 Å². The van der Waals surface area contributed by atoms with Gasteiger partial charge in [-0.1, -0.05) is 37.2 Å². The molecule has 0 amide bonds. The molecule has 1 aromatic carbocycles. The number of aromatic amines is 1. The van der Waals surface area contributed by atoms with E-state index in [1.54, 1.807) is 11.8 Å². The first kappa shape index (κ1) is 15.8. The van der Waals surface area contributed by atoms with E-state index < -0.39 is 5.97 Å². The SMILES string of the molecule is CCCCc1c(SCCC(=O)[O-])[nH+]c2ccccc2c1C. The fourth-order valence-corrected chi connectivity index (χ4v) is 3.55. The largest absolute Gasteiger partial charge is 0.550 e. The number of nitrogens with one attached hydrogen (secondary N) is 1. The van der Waals surface area contributed by atoms with Gasteiger partial charge in [0, 0.05) is 28.7 Å². The van der Waals surface area contributed by atoms with Crippen LogP contribution in [0.1, 0.15) is 37.3 Å². The third-order valence-electron chi connectivity index (χ3n) is 3.64. The third-order valence-corrected chi connectivity index (χ3v) is 4.68. The third kappa shape index (κ3) is 3.97. The molecule has 0 aliphatic carbocycles. The van der Waals surface area contributed by atoms with E-state index in [1.807, 2.05) is 6.07 Å².